The van der Waals surface area contributed by atoms with Crippen molar-refractivity contribution >= 4 is 11.9 Å². The van der Waals surface area contributed by atoms with Crippen LogP contribution in [0.2, 0.25) is 0 Å². The van der Waals surface area contributed by atoms with Crippen LogP contribution in [0, 0.1) is 0 Å². The molecule has 0 aromatic heterocycles. The van der Waals surface area contributed by atoms with Crippen molar-refractivity contribution in [2.45, 2.75) is 251 Å². The molecule has 1 unspecified atom stereocenters. The van der Waals surface area contributed by atoms with Gasteiger partial charge in [-0.25, -0.2) is 0 Å². The van der Waals surface area contributed by atoms with Gasteiger partial charge in [0.05, 0.1) is 6.61 Å². The van der Waals surface area contributed by atoms with Gasteiger partial charge < -0.3 is 14.6 Å². The lowest BCUT2D eigenvalue weighted by molar-refractivity contribution is -0.161. The number of esters is 2. The summed E-state index contributed by atoms with van der Waals surface area (Å²) >= 11 is 0. The molecule has 5 heteroatoms. The molecule has 0 amide bonds. The predicted octanol–water partition coefficient (Wildman–Crippen LogP) is 20.2. The predicted molar refractivity (Wildman–Crippen MR) is 315 cm³/mol. The molecule has 0 aliphatic heterocycles. The highest BCUT2D eigenvalue weighted by Gasteiger charge is 2.16. The fraction of sp³-hybridized carbons (Fsp3) is 0.612. The number of allylic oxidation sites excluding steroid dienone is 24. The SMILES string of the molecule is CC/C=C\C/C=C\C/C=C\C/C=C\C/C=C\C/C=C\CCCCCCCCCCCCCCC(=O)OC(CO)COC(=O)CCCCCCCCCC/C=C\C/C=C\C/C=C\C/C=C\C/C=C\C/C=C\CC. The van der Waals surface area contributed by atoms with Gasteiger partial charge in [0.25, 0.3) is 0 Å². The molecule has 0 aliphatic rings. The maximum Gasteiger partial charge on any atom is 0.306 e. The second kappa shape index (κ2) is 61.1. The number of carbonyl (C=O) groups is 2. The van der Waals surface area contributed by atoms with Crippen LogP contribution in [0.15, 0.2) is 146 Å². The molecule has 0 heterocycles. The molecule has 406 valence electrons. The molecule has 0 radical (unpaired) electrons. The van der Waals surface area contributed by atoms with E-state index in [0.717, 1.165) is 122 Å². The van der Waals surface area contributed by atoms with Crippen LogP contribution in [0.1, 0.15) is 245 Å². The summed E-state index contributed by atoms with van der Waals surface area (Å²) in [5.41, 5.74) is 0. The van der Waals surface area contributed by atoms with Crippen molar-refractivity contribution in [1.82, 2.24) is 0 Å². The van der Waals surface area contributed by atoms with E-state index < -0.39 is 6.10 Å². The first kappa shape index (κ1) is 67.8. The second-order valence-electron chi connectivity index (χ2n) is 19.0. The van der Waals surface area contributed by atoms with Crippen LogP contribution in [-0.2, 0) is 19.1 Å². The van der Waals surface area contributed by atoms with Gasteiger partial charge in [0, 0.05) is 12.8 Å². The fourth-order valence-corrected chi connectivity index (χ4v) is 7.80. The van der Waals surface area contributed by atoms with Crippen molar-refractivity contribution in [3.63, 3.8) is 0 Å². The molecule has 0 saturated carbocycles. The van der Waals surface area contributed by atoms with E-state index in [-0.39, 0.29) is 25.2 Å². The fourth-order valence-electron chi connectivity index (χ4n) is 7.80. The zero-order chi connectivity index (χ0) is 52.0. The summed E-state index contributed by atoms with van der Waals surface area (Å²) in [6.45, 7) is 3.90. The van der Waals surface area contributed by atoms with E-state index in [4.69, 9.17) is 9.47 Å². The van der Waals surface area contributed by atoms with Crippen molar-refractivity contribution in [3.8, 4) is 0 Å². The van der Waals surface area contributed by atoms with Gasteiger partial charge in [-0.15, -0.1) is 0 Å². The first-order chi connectivity index (χ1) is 35.6. The maximum atomic E-state index is 12.3. The number of hydrogen-bond acceptors (Lipinski definition) is 5. The van der Waals surface area contributed by atoms with Crippen molar-refractivity contribution in [1.29, 1.82) is 0 Å². The minimum absolute atomic E-state index is 0.0794. The van der Waals surface area contributed by atoms with E-state index in [1.54, 1.807) is 0 Å². The Bertz CT molecular complexity index is 1540. The molecule has 0 aromatic carbocycles. The molecule has 0 aliphatic carbocycles. The maximum absolute atomic E-state index is 12.3. The van der Waals surface area contributed by atoms with Gasteiger partial charge >= 0.3 is 11.9 Å². The highest BCUT2D eigenvalue weighted by Crippen LogP contribution is 2.15. The third-order valence-corrected chi connectivity index (χ3v) is 12.1. The molecule has 0 saturated heterocycles. The number of hydrogen-bond donors (Lipinski definition) is 1. The van der Waals surface area contributed by atoms with Crippen LogP contribution in [-0.4, -0.2) is 36.4 Å². The van der Waals surface area contributed by atoms with Crippen molar-refractivity contribution in [3.05, 3.63) is 146 Å². The molecule has 1 N–H and O–H groups in total. The summed E-state index contributed by atoms with van der Waals surface area (Å²) in [7, 11) is 0. The molecule has 5 nitrogen and oxygen atoms in total. The normalized spacial score (nSPS) is 13.3. The summed E-state index contributed by atoms with van der Waals surface area (Å²) in [6.07, 6.45) is 92.4. The molecule has 0 fully saturated rings. The third-order valence-electron chi connectivity index (χ3n) is 12.1. The van der Waals surface area contributed by atoms with Crippen LogP contribution >= 0.6 is 0 Å². The van der Waals surface area contributed by atoms with Gasteiger partial charge in [-0.3, -0.25) is 9.59 Å². The Morgan fingerprint density at radius 2 is 0.556 bits per heavy atom. The van der Waals surface area contributed by atoms with E-state index in [9.17, 15) is 14.7 Å². The number of unbranched alkanes of at least 4 members (excludes halogenated alkanes) is 20. The first-order valence-electron chi connectivity index (χ1n) is 29.4. The monoisotopic (exact) mass is 993 g/mol. The highest BCUT2D eigenvalue weighted by molar-refractivity contribution is 5.70. The molecule has 0 bridgehead atoms. The summed E-state index contributed by atoms with van der Waals surface area (Å²) in [4.78, 5) is 24.6. The lowest BCUT2D eigenvalue weighted by Crippen LogP contribution is -2.28. The number of aliphatic hydroxyl groups excluding tert-OH is 1. The quantitative estimate of drug-likeness (QED) is 0.0373. The van der Waals surface area contributed by atoms with Crippen LogP contribution in [0.4, 0.5) is 0 Å². The summed E-state index contributed by atoms with van der Waals surface area (Å²) < 4.78 is 10.7. The largest absolute Gasteiger partial charge is 0.462 e. The molecular formula is C67H108O5. The Morgan fingerprint density at radius 3 is 0.833 bits per heavy atom. The van der Waals surface area contributed by atoms with Gasteiger partial charge in [-0.05, 0) is 116 Å². The topological polar surface area (TPSA) is 72.8 Å². The van der Waals surface area contributed by atoms with Crippen molar-refractivity contribution in [2.24, 2.45) is 0 Å². The van der Waals surface area contributed by atoms with Gasteiger partial charge in [0.15, 0.2) is 6.10 Å². The molecular weight excluding hydrogens is 885 g/mol. The summed E-state index contributed by atoms with van der Waals surface area (Å²) in [6, 6.07) is 0. The molecule has 1 atom stereocenters. The van der Waals surface area contributed by atoms with E-state index >= 15 is 0 Å². The lowest BCUT2D eigenvalue weighted by atomic mass is 10.0. The minimum atomic E-state index is -0.789. The van der Waals surface area contributed by atoms with Gasteiger partial charge in [0.2, 0.25) is 0 Å². The Balaban J connectivity index is 3.57. The van der Waals surface area contributed by atoms with Gasteiger partial charge in [0.1, 0.15) is 6.61 Å². The first-order valence-corrected chi connectivity index (χ1v) is 29.4. The Morgan fingerprint density at radius 1 is 0.319 bits per heavy atom. The Kier molecular flexibility index (Phi) is 57.5. The van der Waals surface area contributed by atoms with Crippen LogP contribution in [0.25, 0.3) is 0 Å². The lowest BCUT2D eigenvalue weighted by Gasteiger charge is -2.15. The summed E-state index contributed by atoms with van der Waals surface area (Å²) in [5, 5.41) is 9.67. The zero-order valence-electron chi connectivity index (χ0n) is 46.4. The van der Waals surface area contributed by atoms with Crippen LogP contribution in [0.5, 0.6) is 0 Å². The van der Waals surface area contributed by atoms with Gasteiger partial charge in [-0.2, -0.15) is 0 Å². The highest BCUT2D eigenvalue weighted by atomic mass is 16.6. The van der Waals surface area contributed by atoms with E-state index in [1.165, 1.54) is 96.3 Å². The number of aliphatic hydroxyl groups is 1. The zero-order valence-corrected chi connectivity index (χ0v) is 46.4. The average molecular weight is 994 g/mol. The molecule has 0 spiro atoms. The number of rotatable bonds is 52. The van der Waals surface area contributed by atoms with Crippen molar-refractivity contribution < 1.29 is 24.2 Å². The average Bonchev–Trinajstić information content (AvgIpc) is 3.38. The Labute approximate surface area is 444 Å². The molecule has 0 rings (SSSR count). The Hall–Kier alpha value is -4.22. The van der Waals surface area contributed by atoms with Gasteiger partial charge in [-0.1, -0.05) is 262 Å². The summed E-state index contributed by atoms with van der Waals surface area (Å²) in [5.74, 6) is -0.609. The van der Waals surface area contributed by atoms with E-state index in [0.29, 0.717) is 12.8 Å². The smallest absolute Gasteiger partial charge is 0.306 e. The standard InChI is InChI=1S/C67H108O5/c1-3-5-7-9-11-13-15-17-19-21-23-25-27-29-31-32-33-34-36-38-40-42-44-46-48-50-52-54-56-58-60-62-67(70)72-65(63-68)64-71-66(69)61-59-57-55-53-51-49-47-45-43-41-39-37-35-30-28-26-24-22-20-18-16-14-12-10-8-6-4-2/h5-8,11-14,17-20,23-26,29-31,33-35,39,41,65,68H,3-4,9-10,15-16,21-22,27-28,32,36-38,40,42-64H2,1-2H3/b7-5-,8-6-,13-11-,14-12-,19-17-,20-18-,25-23-,26-24-,31-29-,34-33-,35-30-,41-39-. The van der Waals surface area contributed by atoms with Crippen molar-refractivity contribution in [2.75, 3.05) is 13.2 Å². The molecule has 0 aromatic rings. The number of ether oxygens (including phenoxy) is 2. The van der Waals surface area contributed by atoms with Crippen LogP contribution in [0.3, 0.4) is 0 Å². The minimum Gasteiger partial charge on any atom is -0.462 e. The van der Waals surface area contributed by atoms with E-state index in [1.807, 2.05) is 0 Å². The van der Waals surface area contributed by atoms with E-state index in [2.05, 4.69) is 160 Å². The number of carbonyl (C=O) groups excluding carboxylic acids is 2. The second-order valence-corrected chi connectivity index (χ2v) is 19.0. The molecule has 72 heavy (non-hydrogen) atoms. The van der Waals surface area contributed by atoms with Crippen LogP contribution < -0.4 is 0 Å². The third kappa shape index (κ3) is 58.4.